The van der Waals surface area contributed by atoms with Gasteiger partial charge in [-0.15, -0.1) is 0 Å². The van der Waals surface area contributed by atoms with Crippen LogP contribution < -0.4 is 0 Å². The number of carboxylic acid groups (broad SMARTS) is 1. The number of hydrogen-bond acceptors (Lipinski definition) is 3. The van der Waals surface area contributed by atoms with E-state index in [4.69, 9.17) is 9.84 Å². The fraction of sp³-hybridized carbons (Fsp3) is 0.429. The third-order valence-electron chi connectivity index (χ3n) is 3.29. The van der Waals surface area contributed by atoms with Gasteiger partial charge >= 0.3 is 5.97 Å². The molecule has 0 aliphatic heterocycles. The molecule has 1 aromatic carbocycles. The monoisotopic (exact) mass is 248 g/mol. The first kappa shape index (κ1) is 12.8. The molecule has 4 heteroatoms. The number of Topliss-reactive ketones (excluding diaryl/α,β-unsaturated/α-hetero) is 1. The van der Waals surface area contributed by atoms with Gasteiger partial charge in [0.15, 0.2) is 5.78 Å². The van der Waals surface area contributed by atoms with Gasteiger partial charge in [-0.25, -0.2) is 0 Å². The highest BCUT2D eigenvalue weighted by Crippen LogP contribution is 2.34. The van der Waals surface area contributed by atoms with E-state index in [1.807, 2.05) is 30.3 Å². The number of rotatable bonds is 5. The molecule has 1 aliphatic carbocycles. The lowest BCUT2D eigenvalue weighted by molar-refractivity contribution is -0.156. The summed E-state index contributed by atoms with van der Waals surface area (Å²) < 4.78 is 5.67. The van der Waals surface area contributed by atoms with Crippen LogP contribution in [0.25, 0.3) is 0 Å². The number of carboxylic acids is 1. The van der Waals surface area contributed by atoms with E-state index in [-0.39, 0.29) is 18.8 Å². The van der Waals surface area contributed by atoms with Crippen LogP contribution in [0.3, 0.4) is 0 Å². The Morgan fingerprint density at radius 1 is 1.33 bits per heavy atom. The molecule has 2 rings (SSSR count). The average Bonchev–Trinajstić information content (AvgIpc) is 2.69. The molecule has 1 aliphatic rings. The highest BCUT2D eigenvalue weighted by Gasteiger charge is 2.44. The van der Waals surface area contributed by atoms with Crippen LogP contribution in [-0.4, -0.2) is 22.5 Å². The third kappa shape index (κ3) is 2.76. The minimum atomic E-state index is -1.11. The maximum Gasteiger partial charge on any atom is 0.306 e. The molecule has 0 heterocycles. The summed E-state index contributed by atoms with van der Waals surface area (Å²) in [7, 11) is 0. The van der Waals surface area contributed by atoms with Crippen molar-refractivity contribution in [2.45, 2.75) is 37.9 Å². The quantitative estimate of drug-likeness (QED) is 0.867. The molecule has 0 spiro atoms. The Hall–Kier alpha value is -1.68. The molecule has 0 radical (unpaired) electrons. The third-order valence-corrected chi connectivity index (χ3v) is 3.29. The number of carbonyl (C=O) groups excluding carboxylic acids is 1. The number of ether oxygens (including phenoxy) is 1. The fourth-order valence-corrected chi connectivity index (χ4v) is 2.33. The smallest absolute Gasteiger partial charge is 0.306 e. The molecule has 4 nitrogen and oxygen atoms in total. The highest BCUT2D eigenvalue weighted by molar-refractivity contribution is 5.92. The lowest BCUT2D eigenvalue weighted by Crippen LogP contribution is -2.39. The molecule has 1 atom stereocenters. The molecule has 0 amide bonds. The minimum Gasteiger partial charge on any atom is -0.481 e. The van der Waals surface area contributed by atoms with E-state index in [2.05, 4.69) is 0 Å². The van der Waals surface area contributed by atoms with Crippen molar-refractivity contribution in [3.05, 3.63) is 35.9 Å². The second-order valence-electron chi connectivity index (χ2n) is 4.62. The molecular formula is C14H16O4. The normalized spacial score (nSPS) is 23.2. The molecule has 0 saturated heterocycles. The van der Waals surface area contributed by atoms with Crippen molar-refractivity contribution in [2.75, 3.05) is 0 Å². The first-order valence-corrected chi connectivity index (χ1v) is 6.05. The Bertz CT molecular complexity index is 440. The Labute approximate surface area is 106 Å². The summed E-state index contributed by atoms with van der Waals surface area (Å²) in [5.41, 5.74) is -0.163. The fourth-order valence-electron chi connectivity index (χ4n) is 2.33. The van der Waals surface area contributed by atoms with Crippen LogP contribution in [0.1, 0.15) is 31.2 Å². The molecule has 0 unspecified atom stereocenters. The molecule has 0 bridgehead atoms. The van der Waals surface area contributed by atoms with E-state index in [0.29, 0.717) is 19.3 Å². The number of carbonyl (C=O) groups is 2. The Balaban J connectivity index is 2.07. The molecule has 18 heavy (non-hydrogen) atoms. The standard InChI is InChI=1S/C14H16O4/c15-12-7-4-8-14(12,9-13(16)17)18-10-11-5-2-1-3-6-11/h1-3,5-6H,4,7-10H2,(H,16,17)/t14-/m1/s1. The molecule has 96 valence electrons. The average molecular weight is 248 g/mol. The van der Waals surface area contributed by atoms with Gasteiger partial charge in [0.05, 0.1) is 13.0 Å². The maximum atomic E-state index is 11.9. The van der Waals surface area contributed by atoms with Gasteiger partial charge < -0.3 is 9.84 Å². The van der Waals surface area contributed by atoms with Crippen molar-refractivity contribution in [1.82, 2.24) is 0 Å². The minimum absolute atomic E-state index is 0.0826. The van der Waals surface area contributed by atoms with Crippen LogP contribution in [0.4, 0.5) is 0 Å². The predicted molar refractivity (Wildman–Crippen MR) is 65.1 cm³/mol. The zero-order chi connectivity index (χ0) is 13.0. The van der Waals surface area contributed by atoms with E-state index in [0.717, 1.165) is 5.56 Å². The number of ketones is 1. The Kier molecular flexibility index (Phi) is 3.77. The van der Waals surface area contributed by atoms with Crippen LogP contribution in [0.2, 0.25) is 0 Å². The summed E-state index contributed by atoms with van der Waals surface area (Å²) in [5.74, 6) is -1.07. The topological polar surface area (TPSA) is 63.6 Å². The second kappa shape index (κ2) is 5.31. The Morgan fingerprint density at radius 2 is 2.06 bits per heavy atom. The number of hydrogen-bond donors (Lipinski definition) is 1. The van der Waals surface area contributed by atoms with Gasteiger partial charge in [0, 0.05) is 6.42 Å². The van der Waals surface area contributed by atoms with E-state index in [1.165, 1.54) is 0 Å². The predicted octanol–water partition coefficient (Wildman–Crippen LogP) is 2.17. The maximum absolute atomic E-state index is 11.9. The van der Waals surface area contributed by atoms with Gasteiger partial charge in [0.2, 0.25) is 0 Å². The zero-order valence-corrected chi connectivity index (χ0v) is 10.1. The first-order chi connectivity index (χ1) is 8.62. The summed E-state index contributed by atoms with van der Waals surface area (Å²) in [6, 6.07) is 9.47. The van der Waals surface area contributed by atoms with Crippen molar-refractivity contribution in [3.8, 4) is 0 Å². The van der Waals surface area contributed by atoms with Gasteiger partial charge in [0.25, 0.3) is 0 Å². The van der Waals surface area contributed by atoms with Crippen LogP contribution in [0, 0.1) is 0 Å². The molecular weight excluding hydrogens is 232 g/mol. The zero-order valence-electron chi connectivity index (χ0n) is 10.1. The molecule has 1 fully saturated rings. The SMILES string of the molecule is O=C(O)C[C@]1(OCc2ccccc2)CCCC1=O. The van der Waals surface area contributed by atoms with Gasteiger partial charge in [-0.05, 0) is 18.4 Å². The largest absolute Gasteiger partial charge is 0.481 e. The van der Waals surface area contributed by atoms with Gasteiger partial charge in [-0.2, -0.15) is 0 Å². The van der Waals surface area contributed by atoms with Crippen LogP contribution in [0.15, 0.2) is 30.3 Å². The summed E-state index contributed by atoms with van der Waals surface area (Å²) in [5, 5.41) is 8.92. The molecule has 1 N–H and O–H groups in total. The van der Waals surface area contributed by atoms with Crippen LogP contribution >= 0.6 is 0 Å². The van der Waals surface area contributed by atoms with Crippen molar-refractivity contribution in [3.63, 3.8) is 0 Å². The van der Waals surface area contributed by atoms with Crippen molar-refractivity contribution in [2.24, 2.45) is 0 Å². The van der Waals surface area contributed by atoms with E-state index >= 15 is 0 Å². The molecule has 0 aromatic heterocycles. The highest BCUT2D eigenvalue weighted by atomic mass is 16.5. The van der Waals surface area contributed by atoms with Gasteiger partial charge in [-0.3, -0.25) is 9.59 Å². The van der Waals surface area contributed by atoms with E-state index in [9.17, 15) is 9.59 Å². The molecule has 1 aromatic rings. The van der Waals surface area contributed by atoms with Crippen molar-refractivity contribution >= 4 is 11.8 Å². The van der Waals surface area contributed by atoms with Crippen molar-refractivity contribution in [1.29, 1.82) is 0 Å². The summed E-state index contributed by atoms with van der Waals surface area (Å²) in [6.07, 6.45) is 1.40. The Morgan fingerprint density at radius 3 is 2.61 bits per heavy atom. The van der Waals surface area contributed by atoms with Gasteiger partial charge in [0.1, 0.15) is 5.60 Å². The lowest BCUT2D eigenvalue weighted by atomic mass is 9.96. The summed E-state index contributed by atoms with van der Waals surface area (Å²) >= 11 is 0. The van der Waals surface area contributed by atoms with Crippen LogP contribution in [-0.2, 0) is 20.9 Å². The van der Waals surface area contributed by atoms with Crippen LogP contribution in [0.5, 0.6) is 0 Å². The lowest BCUT2D eigenvalue weighted by Gasteiger charge is -2.26. The molecule has 1 saturated carbocycles. The number of aliphatic carboxylic acids is 1. The number of benzene rings is 1. The first-order valence-electron chi connectivity index (χ1n) is 6.05. The summed E-state index contributed by atoms with van der Waals surface area (Å²) in [4.78, 5) is 22.7. The second-order valence-corrected chi connectivity index (χ2v) is 4.62. The summed E-state index contributed by atoms with van der Waals surface area (Å²) in [6.45, 7) is 0.278. The van der Waals surface area contributed by atoms with E-state index < -0.39 is 11.6 Å². The van der Waals surface area contributed by atoms with E-state index in [1.54, 1.807) is 0 Å². The van der Waals surface area contributed by atoms with Gasteiger partial charge in [-0.1, -0.05) is 30.3 Å². The van der Waals surface area contributed by atoms with Crippen molar-refractivity contribution < 1.29 is 19.4 Å².